The zero-order valence-electron chi connectivity index (χ0n) is 20.6. The number of hydrogen-bond acceptors (Lipinski definition) is 1. The molecule has 0 spiro atoms. The lowest BCUT2D eigenvalue weighted by Crippen LogP contribution is -1.99. The van der Waals surface area contributed by atoms with Crippen molar-refractivity contribution in [2.75, 3.05) is 0 Å². The molecular weight excluding hydrogens is 462 g/mol. The summed E-state index contributed by atoms with van der Waals surface area (Å²) >= 11 is 0. The summed E-state index contributed by atoms with van der Waals surface area (Å²) in [7, 11) is 0. The highest BCUT2D eigenvalue weighted by atomic mass is 15.1. The minimum absolute atomic E-state index is 0.923. The Hall–Kier alpha value is -5.15. The van der Waals surface area contributed by atoms with E-state index in [9.17, 15) is 0 Å². The Balaban J connectivity index is 1.44. The molecule has 0 atom stereocenters. The van der Waals surface area contributed by atoms with Gasteiger partial charge in [0.15, 0.2) is 0 Å². The first kappa shape index (κ1) is 21.0. The molecule has 0 saturated carbocycles. The number of benzene rings is 5. The monoisotopic (exact) mass is 485 g/mol. The third-order valence-corrected chi connectivity index (χ3v) is 7.53. The summed E-state index contributed by atoms with van der Waals surface area (Å²) in [6, 6.07) is 47.2. The molecule has 8 rings (SSSR count). The summed E-state index contributed by atoms with van der Waals surface area (Å²) in [6.45, 7) is 0. The summed E-state index contributed by atoms with van der Waals surface area (Å²) in [5.41, 5.74) is 6.81. The molecule has 0 aliphatic heterocycles. The van der Waals surface area contributed by atoms with Crippen molar-refractivity contribution < 1.29 is 0 Å². The maximum atomic E-state index is 5.16. The first-order valence-corrected chi connectivity index (χ1v) is 12.9. The standard InChI is InChI=1S/C35H23N3/c1-3-10-24(11-4-1)31-15-9-17-34(36-31)38-32-16-8-7-14-28(32)29-19-18-25-23-33-26(22-30(25)35(29)38)20-21-37(33)27-12-5-2-6-13-27/h1-23H. The predicted octanol–water partition coefficient (Wildman–Crippen LogP) is 8.94. The highest BCUT2D eigenvalue weighted by Gasteiger charge is 2.17. The summed E-state index contributed by atoms with van der Waals surface area (Å²) in [4.78, 5) is 5.16. The highest BCUT2D eigenvalue weighted by molar-refractivity contribution is 6.20. The number of rotatable bonds is 3. The third-order valence-electron chi connectivity index (χ3n) is 7.53. The van der Waals surface area contributed by atoms with Crippen molar-refractivity contribution in [2.45, 2.75) is 0 Å². The zero-order valence-corrected chi connectivity index (χ0v) is 20.6. The first-order chi connectivity index (χ1) is 18.8. The fourth-order valence-electron chi connectivity index (χ4n) is 5.78. The van der Waals surface area contributed by atoms with Crippen molar-refractivity contribution in [3.63, 3.8) is 0 Å². The molecule has 0 radical (unpaired) electrons. The van der Waals surface area contributed by atoms with Gasteiger partial charge in [-0.25, -0.2) is 4.98 Å². The minimum atomic E-state index is 0.923. The van der Waals surface area contributed by atoms with Crippen LogP contribution in [0.15, 0.2) is 140 Å². The number of fused-ring (bicyclic) bond motifs is 6. The van der Waals surface area contributed by atoms with Gasteiger partial charge in [-0.3, -0.25) is 4.57 Å². The van der Waals surface area contributed by atoms with E-state index in [2.05, 4.69) is 143 Å². The molecule has 38 heavy (non-hydrogen) atoms. The summed E-state index contributed by atoms with van der Waals surface area (Å²) < 4.78 is 4.60. The number of pyridine rings is 1. The van der Waals surface area contributed by atoms with Crippen molar-refractivity contribution in [1.29, 1.82) is 0 Å². The first-order valence-electron chi connectivity index (χ1n) is 12.9. The molecule has 5 aromatic carbocycles. The van der Waals surface area contributed by atoms with Gasteiger partial charge in [-0.15, -0.1) is 0 Å². The van der Waals surface area contributed by atoms with Crippen molar-refractivity contribution in [3.8, 4) is 22.8 Å². The van der Waals surface area contributed by atoms with Gasteiger partial charge in [-0.05, 0) is 53.9 Å². The Kier molecular flexibility index (Phi) is 4.52. The van der Waals surface area contributed by atoms with Crippen molar-refractivity contribution in [2.24, 2.45) is 0 Å². The molecule has 178 valence electrons. The Morgan fingerprint density at radius 2 is 1.29 bits per heavy atom. The van der Waals surface area contributed by atoms with E-state index < -0.39 is 0 Å². The van der Waals surface area contributed by atoms with Gasteiger partial charge in [-0.2, -0.15) is 0 Å². The number of aromatic nitrogens is 3. The van der Waals surface area contributed by atoms with Crippen molar-refractivity contribution in [1.82, 2.24) is 14.1 Å². The Bertz CT molecular complexity index is 2120. The van der Waals surface area contributed by atoms with E-state index >= 15 is 0 Å². The molecule has 3 nitrogen and oxygen atoms in total. The smallest absolute Gasteiger partial charge is 0.138 e. The zero-order chi connectivity index (χ0) is 25.1. The number of para-hydroxylation sites is 2. The van der Waals surface area contributed by atoms with Gasteiger partial charge in [0.25, 0.3) is 0 Å². The number of hydrogen-bond donors (Lipinski definition) is 0. The van der Waals surface area contributed by atoms with E-state index in [4.69, 9.17) is 4.98 Å². The lowest BCUT2D eigenvalue weighted by molar-refractivity contribution is 1.09. The van der Waals surface area contributed by atoms with Gasteiger partial charge < -0.3 is 4.57 Å². The van der Waals surface area contributed by atoms with E-state index in [0.29, 0.717) is 0 Å². The highest BCUT2D eigenvalue weighted by Crippen LogP contribution is 2.38. The second-order valence-corrected chi connectivity index (χ2v) is 9.71. The van der Waals surface area contributed by atoms with E-state index in [0.717, 1.165) is 22.6 Å². The Labute approximate surface area is 219 Å². The van der Waals surface area contributed by atoms with Crippen LogP contribution in [0.2, 0.25) is 0 Å². The van der Waals surface area contributed by atoms with Crippen LogP contribution in [0.25, 0.3) is 66.2 Å². The summed E-state index contributed by atoms with van der Waals surface area (Å²) in [5, 5.41) is 6.13. The van der Waals surface area contributed by atoms with Gasteiger partial charge in [0.05, 0.1) is 22.2 Å². The summed E-state index contributed by atoms with van der Waals surface area (Å²) in [6.07, 6.45) is 2.16. The fourth-order valence-corrected chi connectivity index (χ4v) is 5.78. The maximum absolute atomic E-state index is 5.16. The third kappa shape index (κ3) is 3.12. The van der Waals surface area contributed by atoms with Crippen LogP contribution in [-0.2, 0) is 0 Å². The molecule has 3 aromatic heterocycles. The predicted molar refractivity (Wildman–Crippen MR) is 158 cm³/mol. The van der Waals surface area contributed by atoms with E-state index in [1.54, 1.807) is 0 Å². The van der Waals surface area contributed by atoms with Gasteiger partial charge in [0.2, 0.25) is 0 Å². The van der Waals surface area contributed by atoms with Crippen LogP contribution in [0.4, 0.5) is 0 Å². The van der Waals surface area contributed by atoms with Crippen molar-refractivity contribution >= 4 is 43.5 Å². The average molecular weight is 486 g/mol. The fraction of sp³-hybridized carbons (Fsp3) is 0. The molecule has 3 heterocycles. The molecule has 8 aromatic rings. The molecular formula is C35H23N3. The quantitative estimate of drug-likeness (QED) is 0.245. The molecule has 0 bridgehead atoms. The van der Waals surface area contributed by atoms with Crippen LogP contribution in [0, 0.1) is 0 Å². The SMILES string of the molecule is c1ccc(-c2cccc(-n3c4ccccc4c4ccc5cc6c(ccn6-c6ccccc6)cc5c43)n2)cc1. The second-order valence-electron chi connectivity index (χ2n) is 9.71. The molecule has 0 unspecified atom stereocenters. The normalized spacial score (nSPS) is 11.7. The molecule has 3 heteroatoms. The van der Waals surface area contributed by atoms with Gasteiger partial charge in [0.1, 0.15) is 5.82 Å². The van der Waals surface area contributed by atoms with Gasteiger partial charge in [0, 0.05) is 39.0 Å². The number of nitrogens with zero attached hydrogens (tertiary/aromatic N) is 3. The van der Waals surface area contributed by atoms with E-state index in [1.807, 2.05) is 6.07 Å². The lowest BCUT2D eigenvalue weighted by Gasteiger charge is -2.11. The van der Waals surface area contributed by atoms with Gasteiger partial charge in [-0.1, -0.05) is 84.9 Å². The van der Waals surface area contributed by atoms with Crippen LogP contribution in [0.3, 0.4) is 0 Å². The Morgan fingerprint density at radius 3 is 2.16 bits per heavy atom. The second kappa shape index (κ2) is 8.19. The van der Waals surface area contributed by atoms with Crippen LogP contribution in [-0.4, -0.2) is 14.1 Å². The molecule has 0 aliphatic carbocycles. The molecule has 0 amide bonds. The van der Waals surface area contributed by atoms with E-state index in [1.165, 1.54) is 43.7 Å². The largest absolute Gasteiger partial charge is 0.317 e. The maximum Gasteiger partial charge on any atom is 0.138 e. The minimum Gasteiger partial charge on any atom is -0.317 e. The van der Waals surface area contributed by atoms with Crippen LogP contribution in [0.1, 0.15) is 0 Å². The Morgan fingerprint density at radius 1 is 0.500 bits per heavy atom. The van der Waals surface area contributed by atoms with Crippen LogP contribution >= 0.6 is 0 Å². The van der Waals surface area contributed by atoms with Gasteiger partial charge >= 0.3 is 0 Å². The van der Waals surface area contributed by atoms with Crippen LogP contribution in [0.5, 0.6) is 0 Å². The van der Waals surface area contributed by atoms with Crippen molar-refractivity contribution in [3.05, 3.63) is 140 Å². The van der Waals surface area contributed by atoms with E-state index in [-0.39, 0.29) is 0 Å². The molecule has 0 aliphatic rings. The average Bonchev–Trinajstić information content (AvgIpc) is 3.56. The molecule has 0 fully saturated rings. The van der Waals surface area contributed by atoms with Crippen LogP contribution < -0.4 is 0 Å². The lowest BCUT2D eigenvalue weighted by atomic mass is 10.0. The molecule has 0 saturated heterocycles. The molecule has 0 N–H and O–H groups in total. The summed E-state index contributed by atoms with van der Waals surface area (Å²) in [5.74, 6) is 0.923. The topological polar surface area (TPSA) is 22.8 Å².